The van der Waals surface area contributed by atoms with Gasteiger partial charge in [0.1, 0.15) is 5.78 Å². The quantitative estimate of drug-likeness (QED) is 0.764. The lowest BCUT2D eigenvalue weighted by molar-refractivity contribution is -0.120. The Morgan fingerprint density at radius 3 is 2.67 bits per heavy atom. The molecule has 0 aromatic carbocycles. The minimum Gasteiger partial charge on any atom is -0.299 e. The molecule has 2 atom stereocenters. The van der Waals surface area contributed by atoms with Crippen molar-refractivity contribution in [1.82, 2.24) is 0 Å². The molecule has 1 nitrogen and oxygen atoms in total. The number of ketones is 1. The molecule has 0 radical (unpaired) electrons. The number of hydrogen-bond acceptors (Lipinski definition) is 2. The molecule has 80 valence electrons. The van der Waals surface area contributed by atoms with Crippen molar-refractivity contribution >= 4 is 17.1 Å². The number of rotatable bonds is 3. The first-order chi connectivity index (χ1) is 7.36. The molecule has 0 aliphatic heterocycles. The molecule has 2 heteroatoms. The second-order valence-corrected chi connectivity index (χ2v) is 5.69. The van der Waals surface area contributed by atoms with E-state index in [9.17, 15) is 4.79 Å². The lowest BCUT2D eigenvalue weighted by Gasteiger charge is -2.04. The highest BCUT2D eigenvalue weighted by molar-refractivity contribution is 7.07. The molecule has 2 aliphatic rings. The van der Waals surface area contributed by atoms with Gasteiger partial charge in [0.05, 0.1) is 0 Å². The van der Waals surface area contributed by atoms with Crippen molar-refractivity contribution in [3.8, 4) is 0 Å². The van der Waals surface area contributed by atoms with Crippen LogP contribution in [0.25, 0.3) is 0 Å². The Morgan fingerprint density at radius 2 is 2.07 bits per heavy atom. The highest BCUT2D eigenvalue weighted by atomic mass is 32.1. The summed E-state index contributed by atoms with van der Waals surface area (Å²) in [6.07, 6.45) is 6.00. The lowest BCUT2D eigenvalue weighted by atomic mass is 10.0. The molecular weight excluding hydrogens is 204 g/mol. The van der Waals surface area contributed by atoms with E-state index in [-0.39, 0.29) is 0 Å². The summed E-state index contributed by atoms with van der Waals surface area (Å²) in [4.78, 5) is 12.0. The summed E-state index contributed by atoms with van der Waals surface area (Å²) in [5, 5.41) is 4.16. The zero-order valence-electron chi connectivity index (χ0n) is 8.82. The first kappa shape index (κ1) is 9.59. The van der Waals surface area contributed by atoms with E-state index >= 15 is 0 Å². The van der Waals surface area contributed by atoms with Crippen LogP contribution in [0.15, 0.2) is 16.8 Å². The van der Waals surface area contributed by atoms with Crippen LogP contribution in [-0.2, 0) is 11.2 Å². The molecule has 0 spiro atoms. The van der Waals surface area contributed by atoms with Crippen molar-refractivity contribution in [1.29, 1.82) is 0 Å². The third kappa shape index (κ3) is 1.76. The van der Waals surface area contributed by atoms with Crippen LogP contribution in [0.4, 0.5) is 0 Å². The van der Waals surface area contributed by atoms with Gasteiger partial charge in [-0.3, -0.25) is 4.79 Å². The predicted octanol–water partition coefficient (Wildman–Crippen LogP) is 3.30. The van der Waals surface area contributed by atoms with Gasteiger partial charge in [-0.25, -0.2) is 0 Å². The molecule has 0 saturated heterocycles. The maximum atomic E-state index is 12.0. The third-order valence-electron chi connectivity index (χ3n) is 3.99. The van der Waals surface area contributed by atoms with Crippen LogP contribution in [0.1, 0.15) is 31.2 Å². The normalized spacial score (nSPS) is 33.5. The number of fused-ring (bicyclic) bond motifs is 1. The fraction of sp³-hybridized carbons (Fsp3) is 0.615. The van der Waals surface area contributed by atoms with Crippen molar-refractivity contribution in [2.75, 3.05) is 0 Å². The van der Waals surface area contributed by atoms with Crippen LogP contribution in [0, 0.1) is 17.8 Å². The van der Waals surface area contributed by atoms with Crippen molar-refractivity contribution in [2.24, 2.45) is 17.8 Å². The summed E-state index contributed by atoms with van der Waals surface area (Å²) < 4.78 is 0. The topological polar surface area (TPSA) is 17.1 Å². The number of carbonyl (C=O) groups is 1. The van der Waals surface area contributed by atoms with Crippen LogP contribution in [0.3, 0.4) is 0 Å². The number of thiophene rings is 1. The molecule has 2 fully saturated rings. The molecule has 2 aliphatic carbocycles. The molecule has 0 bridgehead atoms. The van der Waals surface area contributed by atoms with Gasteiger partial charge in [-0.05, 0) is 47.1 Å². The van der Waals surface area contributed by atoms with Crippen LogP contribution in [0.5, 0.6) is 0 Å². The molecule has 0 amide bonds. The van der Waals surface area contributed by atoms with Gasteiger partial charge in [0.25, 0.3) is 0 Å². The summed E-state index contributed by atoms with van der Waals surface area (Å²) in [5.41, 5.74) is 1.22. The molecule has 1 aromatic rings. The molecule has 15 heavy (non-hydrogen) atoms. The van der Waals surface area contributed by atoms with Crippen molar-refractivity contribution < 1.29 is 4.79 Å². The standard InChI is InChI=1S/C13H16OS/c14-12(7-9-5-6-15-8-9)13-10-3-1-2-4-11(10)13/h5-6,8,10-11,13H,1-4,7H2. The summed E-state index contributed by atoms with van der Waals surface area (Å²) in [7, 11) is 0. The minimum absolute atomic E-state index is 0.437. The maximum absolute atomic E-state index is 12.0. The van der Waals surface area contributed by atoms with E-state index in [1.54, 1.807) is 11.3 Å². The van der Waals surface area contributed by atoms with E-state index in [0.29, 0.717) is 18.1 Å². The Hall–Kier alpha value is -0.630. The van der Waals surface area contributed by atoms with Crippen molar-refractivity contribution in [3.63, 3.8) is 0 Å². The van der Waals surface area contributed by atoms with E-state index in [1.165, 1.54) is 31.2 Å². The van der Waals surface area contributed by atoms with E-state index < -0.39 is 0 Å². The molecule has 3 rings (SSSR count). The molecule has 2 saturated carbocycles. The Balaban J connectivity index is 1.62. The second kappa shape index (κ2) is 3.75. The summed E-state index contributed by atoms with van der Waals surface area (Å²) in [6.45, 7) is 0. The fourth-order valence-electron chi connectivity index (χ4n) is 3.18. The van der Waals surface area contributed by atoms with Gasteiger partial charge in [0.2, 0.25) is 0 Å². The van der Waals surface area contributed by atoms with Gasteiger partial charge in [-0.2, -0.15) is 11.3 Å². The van der Waals surface area contributed by atoms with E-state index in [2.05, 4.69) is 16.8 Å². The molecule has 2 unspecified atom stereocenters. The van der Waals surface area contributed by atoms with Gasteiger partial charge < -0.3 is 0 Å². The number of carbonyl (C=O) groups excluding carboxylic acids is 1. The third-order valence-corrected chi connectivity index (χ3v) is 4.72. The summed E-state index contributed by atoms with van der Waals surface area (Å²) in [5.74, 6) is 2.48. The molecule has 1 heterocycles. The van der Waals surface area contributed by atoms with Crippen molar-refractivity contribution in [3.05, 3.63) is 22.4 Å². The molecular formula is C13H16OS. The summed E-state index contributed by atoms with van der Waals surface area (Å²) in [6, 6.07) is 2.08. The van der Waals surface area contributed by atoms with Crippen LogP contribution >= 0.6 is 11.3 Å². The van der Waals surface area contributed by atoms with Crippen LogP contribution < -0.4 is 0 Å². The second-order valence-electron chi connectivity index (χ2n) is 4.91. The Morgan fingerprint density at radius 1 is 1.33 bits per heavy atom. The maximum Gasteiger partial charge on any atom is 0.140 e. The SMILES string of the molecule is O=C(Cc1ccsc1)C1C2CCCCC21. The van der Waals surface area contributed by atoms with Gasteiger partial charge in [0.15, 0.2) is 0 Å². The average molecular weight is 220 g/mol. The smallest absolute Gasteiger partial charge is 0.140 e. The minimum atomic E-state index is 0.437. The largest absolute Gasteiger partial charge is 0.299 e. The average Bonchev–Trinajstić information content (AvgIpc) is 2.77. The Kier molecular flexibility index (Phi) is 2.39. The van der Waals surface area contributed by atoms with E-state index in [4.69, 9.17) is 0 Å². The van der Waals surface area contributed by atoms with E-state index in [0.717, 1.165) is 11.8 Å². The van der Waals surface area contributed by atoms with Crippen molar-refractivity contribution in [2.45, 2.75) is 32.1 Å². The highest BCUT2D eigenvalue weighted by Gasteiger charge is 2.53. The Bertz CT molecular complexity index is 343. The highest BCUT2D eigenvalue weighted by Crippen LogP contribution is 2.56. The molecule has 1 aromatic heterocycles. The van der Waals surface area contributed by atoms with Gasteiger partial charge in [-0.1, -0.05) is 12.8 Å². The van der Waals surface area contributed by atoms with Crippen LogP contribution in [0.2, 0.25) is 0 Å². The first-order valence-electron chi connectivity index (χ1n) is 5.90. The van der Waals surface area contributed by atoms with Crippen LogP contribution in [-0.4, -0.2) is 5.78 Å². The van der Waals surface area contributed by atoms with E-state index in [1.807, 2.05) is 0 Å². The molecule has 0 N–H and O–H groups in total. The number of Topliss-reactive ketones (excluding diaryl/α,β-unsaturated/α-hetero) is 1. The predicted molar refractivity (Wildman–Crippen MR) is 62.0 cm³/mol. The van der Waals surface area contributed by atoms with Gasteiger partial charge >= 0.3 is 0 Å². The van der Waals surface area contributed by atoms with Gasteiger partial charge in [-0.15, -0.1) is 0 Å². The van der Waals surface area contributed by atoms with Gasteiger partial charge in [0, 0.05) is 12.3 Å². The Labute approximate surface area is 94.5 Å². The zero-order chi connectivity index (χ0) is 10.3. The summed E-state index contributed by atoms with van der Waals surface area (Å²) >= 11 is 1.69. The first-order valence-corrected chi connectivity index (χ1v) is 6.84. The monoisotopic (exact) mass is 220 g/mol. The number of hydrogen-bond donors (Lipinski definition) is 0. The fourth-order valence-corrected chi connectivity index (χ4v) is 3.85. The zero-order valence-corrected chi connectivity index (χ0v) is 9.63. The lowest BCUT2D eigenvalue weighted by Crippen LogP contribution is -2.06.